The Hall–Kier alpha value is -2.56. The second-order valence-electron chi connectivity index (χ2n) is 5.72. The lowest BCUT2D eigenvalue weighted by molar-refractivity contribution is -0.179. The maximum absolute atomic E-state index is 13.1. The summed E-state index contributed by atoms with van der Waals surface area (Å²) in [4.78, 5) is 34.4. The first-order valence-corrected chi connectivity index (χ1v) is 8.73. The Morgan fingerprint density at radius 3 is 2.56 bits per heavy atom. The predicted octanol–water partition coefficient (Wildman–Crippen LogP) is 2.13. The number of aromatic nitrogens is 2. The van der Waals surface area contributed by atoms with E-state index in [0.29, 0.717) is 28.4 Å². The Morgan fingerprint density at radius 1 is 1.30 bits per heavy atom. The third kappa shape index (κ3) is 5.46. The van der Waals surface area contributed by atoms with Gasteiger partial charge < -0.3 is 10.4 Å². The number of nitrogens with zero attached hydrogens (tertiary/aromatic N) is 1. The highest BCUT2D eigenvalue weighted by Gasteiger charge is 2.45. The van der Waals surface area contributed by atoms with Gasteiger partial charge in [0.1, 0.15) is 12.0 Å². The summed E-state index contributed by atoms with van der Waals surface area (Å²) in [6, 6.07) is 5.20. The van der Waals surface area contributed by atoms with Crippen LogP contribution in [0.2, 0.25) is 0 Å². The molecule has 0 spiro atoms. The molecule has 1 heterocycles. The SMILES string of the molecule is CC(=O)SC[C@@H](C(=O)N[C@@H](Cc1[nH]nc2ccccc12)C(=O)O)C(F)(F)F. The molecule has 0 saturated heterocycles. The fourth-order valence-electron chi connectivity index (χ4n) is 2.37. The molecule has 0 unspecified atom stereocenters. The molecule has 0 saturated carbocycles. The summed E-state index contributed by atoms with van der Waals surface area (Å²) in [5.41, 5.74) is 0.939. The number of hydrogen-bond acceptors (Lipinski definition) is 5. The minimum atomic E-state index is -4.91. The number of para-hydroxylation sites is 1. The third-order valence-corrected chi connectivity index (χ3v) is 4.63. The molecular weight excluding hydrogens is 387 g/mol. The number of H-pyrrole nitrogens is 1. The van der Waals surface area contributed by atoms with Crippen molar-refractivity contribution in [3.8, 4) is 0 Å². The molecule has 0 aliphatic carbocycles. The summed E-state index contributed by atoms with van der Waals surface area (Å²) >= 11 is 0.354. The van der Waals surface area contributed by atoms with Gasteiger partial charge in [-0.3, -0.25) is 14.7 Å². The Bertz CT molecular complexity index is 853. The number of aromatic amines is 1. The molecule has 1 aromatic heterocycles. The van der Waals surface area contributed by atoms with Gasteiger partial charge in [-0.1, -0.05) is 30.0 Å². The van der Waals surface area contributed by atoms with Crippen LogP contribution in [0.25, 0.3) is 10.9 Å². The molecule has 1 aromatic carbocycles. The zero-order valence-corrected chi connectivity index (χ0v) is 14.9. The second kappa shape index (κ2) is 8.42. The molecule has 2 atom stereocenters. The van der Waals surface area contributed by atoms with Crippen molar-refractivity contribution in [2.45, 2.75) is 25.6 Å². The lowest BCUT2D eigenvalue weighted by Crippen LogP contribution is -2.49. The molecule has 2 rings (SSSR count). The van der Waals surface area contributed by atoms with E-state index < -0.39 is 40.9 Å². The van der Waals surface area contributed by atoms with Gasteiger partial charge in [0.2, 0.25) is 5.91 Å². The normalized spacial score (nSPS) is 13.9. The molecule has 0 aliphatic heterocycles. The molecule has 0 radical (unpaired) electrons. The number of halogens is 3. The third-order valence-electron chi connectivity index (χ3n) is 3.73. The maximum atomic E-state index is 13.1. The number of carbonyl (C=O) groups excluding carboxylic acids is 2. The summed E-state index contributed by atoms with van der Waals surface area (Å²) in [5.74, 6) is -6.29. The summed E-state index contributed by atoms with van der Waals surface area (Å²) < 4.78 is 39.3. The highest BCUT2D eigenvalue weighted by atomic mass is 32.2. The predicted molar refractivity (Wildman–Crippen MR) is 92.0 cm³/mol. The van der Waals surface area contributed by atoms with E-state index in [0.717, 1.165) is 6.92 Å². The average Bonchev–Trinajstić information content (AvgIpc) is 2.96. The monoisotopic (exact) mass is 403 g/mol. The summed E-state index contributed by atoms with van der Waals surface area (Å²) in [7, 11) is 0. The number of nitrogens with one attached hydrogen (secondary N) is 2. The van der Waals surface area contributed by atoms with Crippen LogP contribution in [-0.2, 0) is 20.8 Å². The van der Waals surface area contributed by atoms with Gasteiger partial charge in [-0.15, -0.1) is 0 Å². The summed E-state index contributed by atoms with van der Waals surface area (Å²) in [5, 5.41) is 17.9. The van der Waals surface area contributed by atoms with Crippen molar-refractivity contribution in [3.05, 3.63) is 30.0 Å². The number of carboxylic acids is 1. The molecular formula is C16H16F3N3O4S. The molecule has 0 aliphatic rings. The van der Waals surface area contributed by atoms with E-state index in [4.69, 9.17) is 0 Å². The number of thioether (sulfide) groups is 1. The van der Waals surface area contributed by atoms with Crippen LogP contribution in [0.15, 0.2) is 24.3 Å². The second-order valence-corrected chi connectivity index (χ2v) is 6.92. The van der Waals surface area contributed by atoms with Crippen molar-refractivity contribution in [1.29, 1.82) is 0 Å². The van der Waals surface area contributed by atoms with Gasteiger partial charge in [-0.2, -0.15) is 18.3 Å². The van der Waals surface area contributed by atoms with E-state index >= 15 is 0 Å². The van der Waals surface area contributed by atoms with E-state index in [-0.39, 0.29) is 6.42 Å². The van der Waals surface area contributed by atoms with Crippen LogP contribution in [0.5, 0.6) is 0 Å². The highest BCUT2D eigenvalue weighted by Crippen LogP contribution is 2.30. The van der Waals surface area contributed by atoms with E-state index in [2.05, 4.69) is 10.2 Å². The molecule has 27 heavy (non-hydrogen) atoms. The van der Waals surface area contributed by atoms with Gasteiger partial charge in [0.15, 0.2) is 5.12 Å². The maximum Gasteiger partial charge on any atom is 0.401 e. The lowest BCUT2D eigenvalue weighted by atomic mass is 10.1. The van der Waals surface area contributed by atoms with Crippen LogP contribution in [-0.4, -0.2) is 50.3 Å². The van der Waals surface area contributed by atoms with Crippen LogP contribution in [0.4, 0.5) is 13.2 Å². The molecule has 0 fully saturated rings. The van der Waals surface area contributed by atoms with Crippen LogP contribution in [0.1, 0.15) is 12.6 Å². The Kier molecular flexibility index (Phi) is 6.47. The molecule has 0 bridgehead atoms. The molecule has 2 aromatic rings. The van der Waals surface area contributed by atoms with E-state index in [1.807, 2.05) is 5.32 Å². The largest absolute Gasteiger partial charge is 0.480 e. The Morgan fingerprint density at radius 2 is 1.96 bits per heavy atom. The Balaban J connectivity index is 2.17. The van der Waals surface area contributed by atoms with E-state index in [9.17, 15) is 32.7 Å². The van der Waals surface area contributed by atoms with Gasteiger partial charge >= 0.3 is 12.1 Å². The van der Waals surface area contributed by atoms with Crippen LogP contribution in [0.3, 0.4) is 0 Å². The van der Waals surface area contributed by atoms with Crippen LogP contribution in [0, 0.1) is 5.92 Å². The number of benzene rings is 1. The molecule has 7 nitrogen and oxygen atoms in total. The van der Waals surface area contributed by atoms with Crippen LogP contribution >= 0.6 is 11.8 Å². The van der Waals surface area contributed by atoms with E-state index in [1.165, 1.54) is 0 Å². The summed E-state index contributed by atoms with van der Waals surface area (Å²) in [6.45, 7) is 1.08. The van der Waals surface area contributed by atoms with Crippen LogP contribution < -0.4 is 5.32 Å². The van der Waals surface area contributed by atoms with Crippen molar-refractivity contribution in [2.24, 2.45) is 5.92 Å². The smallest absolute Gasteiger partial charge is 0.401 e. The van der Waals surface area contributed by atoms with E-state index in [1.54, 1.807) is 24.3 Å². The minimum Gasteiger partial charge on any atom is -0.480 e. The van der Waals surface area contributed by atoms with Crippen molar-refractivity contribution < 1.29 is 32.7 Å². The number of alkyl halides is 3. The molecule has 146 valence electrons. The Labute approximate surface area is 155 Å². The van der Waals surface area contributed by atoms with Crippen molar-refractivity contribution in [1.82, 2.24) is 15.5 Å². The average molecular weight is 403 g/mol. The van der Waals surface area contributed by atoms with Gasteiger partial charge in [0.25, 0.3) is 0 Å². The van der Waals surface area contributed by atoms with Crippen molar-refractivity contribution in [2.75, 3.05) is 5.75 Å². The fourth-order valence-corrected chi connectivity index (χ4v) is 3.11. The minimum absolute atomic E-state index is 0.272. The first kappa shape index (κ1) is 20.7. The number of aliphatic carboxylic acids is 1. The van der Waals surface area contributed by atoms with Crippen molar-refractivity contribution in [3.63, 3.8) is 0 Å². The van der Waals surface area contributed by atoms with Gasteiger partial charge in [-0.25, -0.2) is 4.79 Å². The quantitative estimate of drug-likeness (QED) is 0.653. The van der Waals surface area contributed by atoms with Gasteiger partial charge in [0.05, 0.1) is 5.52 Å². The van der Waals surface area contributed by atoms with Gasteiger partial charge in [0, 0.05) is 30.2 Å². The number of fused-ring (bicyclic) bond motifs is 1. The number of hydrogen-bond donors (Lipinski definition) is 3. The number of amides is 1. The topological polar surface area (TPSA) is 112 Å². The molecule has 3 N–H and O–H groups in total. The zero-order valence-electron chi connectivity index (χ0n) is 14.0. The fraction of sp³-hybridized carbons (Fsp3) is 0.375. The van der Waals surface area contributed by atoms with Gasteiger partial charge in [-0.05, 0) is 6.07 Å². The van der Waals surface area contributed by atoms with Crippen molar-refractivity contribution >= 4 is 39.7 Å². The lowest BCUT2D eigenvalue weighted by Gasteiger charge is -2.21. The molecule has 1 amide bonds. The molecule has 11 heteroatoms. The highest BCUT2D eigenvalue weighted by molar-refractivity contribution is 8.13. The number of carboxylic acid groups (broad SMARTS) is 1. The number of carbonyl (C=O) groups is 3. The number of rotatable bonds is 7. The zero-order chi connectivity index (χ0) is 20.2. The standard InChI is InChI=1S/C16H16F3N3O4S/c1-8(23)27-7-10(16(17,18)19)14(24)20-13(15(25)26)6-12-9-4-2-3-5-11(9)21-22-12/h2-5,10,13H,6-7H2,1H3,(H,20,24)(H,21,22)(H,25,26)/t10-,13-/m0/s1. The first-order valence-electron chi connectivity index (χ1n) is 7.75. The summed E-state index contributed by atoms with van der Waals surface area (Å²) in [6.07, 6.45) is -5.18. The first-order chi connectivity index (χ1) is 12.6.